The van der Waals surface area contributed by atoms with Crippen molar-refractivity contribution in [2.24, 2.45) is 0 Å². The maximum atomic E-state index is 11.3. The quantitative estimate of drug-likeness (QED) is 0.652. The Kier molecular flexibility index (Phi) is 2.51. The van der Waals surface area contributed by atoms with E-state index in [1.807, 2.05) is 0 Å². The molecule has 4 heteroatoms. The zero-order chi connectivity index (χ0) is 9.90. The first kappa shape index (κ1) is 9.51. The second-order valence-corrected chi connectivity index (χ2v) is 3.15. The molecule has 1 heterocycles. The zero-order valence-corrected chi connectivity index (χ0v) is 7.73. The van der Waals surface area contributed by atoms with Gasteiger partial charge >= 0.3 is 6.09 Å². The largest absolute Gasteiger partial charge is 0.439 e. The fraction of sp³-hybridized carbons (Fsp3) is 0.333. The van der Waals surface area contributed by atoms with E-state index < -0.39 is 11.7 Å². The summed E-state index contributed by atoms with van der Waals surface area (Å²) in [5.74, 6) is 0. The number of ether oxygens (including phenoxy) is 1. The molecule has 1 rings (SSSR count). The summed E-state index contributed by atoms with van der Waals surface area (Å²) in [6, 6.07) is 0. The van der Waals surface area contributed by atoms with Crippen molar-refractivity contribution in [1.29, 1.82) is 0 Å². The SMILES string of the molecule is C=CC(C)(C)OC(=O)n1ccnc1. The van der Waals surface area contributed by atoms with Crippen LogP contribution in [0.5, 0.6) is 0 Å². The molecule has 0 aromatic carbocycles. The summed E-state index contributed by atoms with van der Waals surface area (Å²) in [6.45, 7) is 7.08. The summed E-state index contributed by atoms with van der Waals surface area (Å²) in [5.41, 5.74) is -0.651. The first-order chi connectivity index (χ1) is 6.05. The number of carbonyl (C=O) groups is 1. The average Bonchev–Trinajstić information content (AvgIpc) is 2.55. The molecule has 0 N–H and O–H groups in total. The maximum absolute atomic E-state index is 11.3. The highest BCUT2D eigenvalue weighted by Gasteiger charge is 2.19. The number of hydrogen-bond donors (Lipinski definition) is 0. The van der Waals surface area contributed by atoms with Gasteiger partial charge in [-0.25, -0.2) is 14.3 Å². The summed E-state index contributed by atoms with van der Waals surface area (Å²) in [6.07, 6.45) is 5.55. The standard InChI is InChI=1S/C9H12N2O2/c1-4-9(2,3)13-8(12)11-6-5-10-7-11/h4-7H,1H2,2-3H3. The summed E-state index contributed by atoms with van der Waals surface area (Å²) in [7, 11) is 0. The molecule has 0 fully saturated rings. The van der Waals surface area contributed by atoms with Crippen LogP contribution < -0.4 is 0 Å². The molecule has 0 aliphatic carbocycles. The minimum Gasteiger partial charge on any atom is -0.439 e. The van der Waals surface area contributed by atoms with Crippen LogP contribution in [0.25, 0.3) is 0 Å². The molecule has 0 spiro atoms. The monoisotopic (exact) mass is 180 g/mol. The average molecular weight is 180 g/mol. The van der Waals surface area contributed by atoms with Crippen molar-refractivity contribution in [3.05, 3.63) is 31.4 Å². The number of carbonyl (C=O) groups excluding carboxylic acids is 1. The number of imidazole rings is 1. The third kappa shape index (κ3) is 2.43. The molecular weight excluding hydrogens is 168 g/mol. The van der Waals surface area contributed by atoms with E-state index in [0.29, 0.717) is 0 Å². The Bertz CT molecular complexity index is 301. The van der Waals surface area contributed by atoms with E-state index in [2.05, 4.69) is 11.6 Å². The van der Waals surface area contributed by atoms with Gasteiger partial charge in [-0.1, -0.05) is 6.58 Å². The lowest BCUT2D eigenvalue weighted by Crippen LogP contribution is -2.27. The lowest BCUT2D eigenvalue weighted by Gasteiger charge is -2.20. The predicted molar refractivity (Wildman–Crippen MR) is 48.4 cm³/mol. The van der Waals surface area contributed by atoms with Gasteiger partial charge in [0.15, 0.2) is 0 Å². The Morgan fingerprint density at radius 3 is 2.85 bits per heavy atom. The first-order valence-corrected chi connectivity index (χ1v) is 3.90. The molecule has 1 aromatic heterocycles. The van der Waals surface area contributed by atoms with Crippen molar-refractivity contribution >= 4 is 6.09 Å². The second-order valence-electron chi connectivity index (χ2n) is 3.15. The summed E-state index contributed by atoms with van der Waals surface area (Å²) < 4.78 is 6.37. The zero-order valence-electron chi connectivity index (χ0n) is 7.73. The smallest absolute Gasteiger partial charge is 0.420 e. The van der Waals surface area contributed by atoms with Gasteiger partial charge in [0, 0.05) is 12.4 Å². The van der Waals surface area contributed by atoms with Crippen LogP contribution in [0.2, 0.25) is 0 Å². The van der Waals surface area contributed by atoms with Gasteiger partial charge in [0.1, 0.15) is 11.9 Å². The number of rotatable bonds is 2. The van der Waals surface area contributed by atoms with E-state index in [1.165, 1.54) is 23.3 Å². The minimum atomic E-state index is -0.651. The molecular formula is C9H12N2O2. The Morgan fingerprint density at radius 1 is 1.69 bits per heavy atom. The van der Waals surface area contributed by atoms with E-state index in [0.717, 1.165) is 0 Å². The van der Waals surface area contributed by atoms with Gasteiger partial charge in [-0.15, -0.1) is 0 Å². The van der Waals surface area contributed by atoms with Crippen LogP contribution in [-0.4, -0.2) is 21.2 Å². The van der Waals surface area contributed by atoms with Crippen molar-refractivity contribution in [2.75, 3.05) is 0 Å². The number of hydrogen-bond acceptors (Lipinski definition) is 3. The van der Waals surface area contributed by atoms with E-state index in [9.17, 15) is 4.79 Å². The van der Waals surface area contributed by atoms with E-state index >= 15 is 0 Å². The topological polar surface area (TPSA) is 44.1 Å². The minimum absolute atomic E-state index is 0.456. The van der Waals surface area contributed by atoms with Crippen molar-refractivity contribution in [2.45, 2.75) is 19.4 Å². The molecule has 0 atom stereocenters. The number of aromatic nitrogens is 2. The van der Waals surface area contributed by atoms with E-state index in [-0.39, 0.29) is 0 Å². The highest BCUT2D eigenvalue weighted by atomic mass is 16.6. The molecule has 13 heavy (non-hydrogen) atoms. The third-order valence-electron chi connectivity index (χ3n) is 1.56. The summed E-state index contributed by atoms with van der Waals surface area (Å²) >= 11 is 0. The van der Waals surface area contributed by atoms with Crippen LogP contribution in [0.1, 0.15) is 13.8 Å². The summed E-state index contributed by atoms with van der Waals surface area (Å²) in [5, 5.41) is 0. The Morgan fingerprint density at radius 2 is 2.38 bits per heavy atom. The number of nitrogens with zero attached hydrogens (tertiary/aromatic N) is 2. The first-order valence-electron chi connectivity index (χ1n) is 3.90. The van der Waals surface area contributed by atoms with Gasteiger partial charge < -0.3 is 4.74 Å². The molecule has 0 aliphatic heterocycles. The van der Waals surface area contributed by atoms with Crippen LogP contribution in [0.3, 0.4) is 0 Å². The third-order valence-corrected chi connectivity index (χ3v) is 1.56. The predicted octanol–water partition coefficient (Wildman–Crippen LogP) is 1.83. The maximum Gasteiger partial charge on any atom is 0.420 e. The second kappa shape index (κ2) is 3.43. The molecule has 4 nitrogen and oxygen atoms in total. The van der Waals surface area contributed by atoms with Gasteiger partial charge in [0.05, 0.1) is 0 Å². The van der Waals surface area contributed by atoms with Gasteiger partial charge in [0.25, 0.3) is 0 Å². The fourth-order valence-corrected chi connectivity index (χ4v) is 0.687. The van der Waals surface area contributed by atoms with Crippen LogP contribution in [0.15, 0.2) is 31.4 Å². The van der Waals surface area contributed by atoms with Gasteiger partial charge in [-0.2, -0.15) is 0 Å². The van der Waals surface area contributed by atoms with Gasteiger partial charge in [0.2, 0.25) is 0 Å². The van der Waals surface area contributed by atoms with E-state index in [1.54, 1.807) is 19.9 Å². The Balaban J connectivity index is 2.67. The molecule has 0 saturated carbocycles. The molecule has 0 radical (unpaired) electrons. The molecule has 0 aliphatic rings. The Labute approximate surface area is 76.8 Å². The highest BCUT2D eigenvalue weighted by Crippen LogP contribution is 2.10. The highest BCUT2D eigenvalue weighted by molar-refractivity contribution is 5.70. The lowest BCUT2D eigenvalue weighted by molar-refractivity contribution is 0.0734. The molecule has 0 unspecified atom stereocenters. The normalized spacial score (nSPS) is 10.9. The molecule has 70 valence electrons. The molecule has 0 bridgehead atoms. The lowest BCUT2D eigenvalue weighted by atomic mass is 10.1. The van der Waals surface area contributed by atoms with Crippen LogP contribution >= 0.6 is 0 Å². The van der Waals surface area contributed by atoms with E-state index in [4.69, 9.17) is 4.74 Å². The fourth-order valence-electron chi connectivity index (χ4n) is 0.687. The molecule has 0 amide bonds. The van der Waals surface area contributed by atoms with Crippen LogP contribution in [0.4, 0.5) is 4.79 Å². The van der Waals surface area contributed by atoms with Crippen molar-refractivity contribution in [3.8, 4) is 0 Å². The molecule has 0 saturated heterocycles. The van der Waals surface area contributed by atoms with Gasteiger partial charge in [-0.05, 0) is 19.9 Å². The van der Waals surface area contributed by atoms with Crippen LogP contribution in [0, 0.1) is 0 Å². The summed E-state index contributed by atoms with van der Waals surface area (Å²) in [4.78, 5) is 15.1. The Hall–Kier alpha value is -1.58. The van der Waals surface area contributed by atoms with Crippen molar-refractivity contribution in [1.82, 2.24) is 9.55 Å². The van der Waals surface area contributed by atoms with Crippen molar-refractivity contribution < 1.29 is 9.53 Å². The van der Waals surface area contributed by atoms with Crippen LogP contribution in [-0.2, 0) is 4.74 Å². The van der Waals surface area contributed by atoms with Gasteiger partial charge in [-0.3, -0.25) is 0 Å². The van der Waals surface area contributed by atoms with Crippen molar-refractivity contribution in [3.63, 3.8) is 0 Å². The molecule has 1 aromatic rings.